The molecule has 138 valence electrons. The molecular weight excluding hydrogens is 354 g/mol. The molecule has 1 aliphatic heterocycles. The maximum Gasteiger partial charge on any atom is 0.329 e. The second-order valence-corrected chi connectivity index (χ2v) is 6.88. The van der Waals surface area contributed by atoms with E-state index in [0.717, 1.165) is 33.4 Å². The van der Waals surface area contributed by atoms with E-state index in [4.69, 9.17) is 0 Å². The maximum absolute atomic E-state index is 12.5. The average molecular weight is 371 g/mol. The van der Waals surface area contributed by atoms with Crippen molar-refractivity contribution in [1.82, 2.24) is 20.3 Å². The Balaban J connectivity index is 1.53. The van der Waals surface area contributed by atoms with E-state index in [2.05, 4.69) is 26.3 Å². The number of hydrogen-bond donors (Lipinski definition) is 3. The number of aromatic nitrogens is 3. The van der Waals surface area contributed by atoms with Gasteiger partial charge in [0.25, 0.3) is 5.91 Å². The summed E-state index contributed by atoms with van der Waals surface area (Å²) in [5, 5.41) is 2.42. The Kier molecular flexibility index (Phi) is 3.55. The fraction of sp³-hybridized carbons (Fsp3) is 0.0952. The van der Waals surface area contributed by atoms with Crippen molar-refractivity contribution < 1.29 is 9.59 Å². The number of carbonyl (C=O) groups is 2. The van der Waals surface area contributed by atoms with Crippen molar-refractivity contribution >= 4 is 28.7 Å². The van der Waals surface area contributed by atoms with Crippen molar-refractivity contribution in [2.45, 2.75) is 13.0 Å². The first kappa shape index (κ1) is 16.3. The Bertz CT molecular complexity index is 1210. The molecular formula is C21H17N5O2. The number of carbonyl (C=O) groups excluding carboxylic acids is 2. The number of nitrogens with one attached hydrogen (secondary N) is 3. The molecule has 1 saturated heterocycles. The van der Waals surface area contributed by atoms with Crippen LogP contribution in [0, 0.1) is 6.92 Å². The minimum absolute atomic E-state index is 0.337. The van der Waals surface area contributed by atoms with Crippen LogP contribution in [0.25, 0.3) is 22.3 Å². The number of nitrogens with zero attached hydrogens (tertiary/aromatic N) is 2. The van der Waals surface area contributed by atoms with Crippen LogP contribution in [0.1, 0.15) is 17.2 Å². The van der Waals surface area contributed by atoms with Crippen molar-refractivity contribution in [3.8, 4) is 11.3 Å². The van der Waals surface area contributed by atoms with Crippen LogP contribution in [0.5, 0.6) is 0 Å². The number of imidazole rings is 1. The van der Waals surface area contributed by atoms with E-state index in [-0.39, 0.29) is 5.91 Å². The molecule has 0 bridgehead atoms. The van der Waals surface area contributed by atoms with Crippen molar-refractivity contribution in [2.75, 3.05) is 4.90 Å². The van der Waals surface area contributed by atoms with Gasteiger partial charge in [0.1, 0.15) is 6.04 Å². The largest absolute Gasteiger partial charge is 0.361 e. The number of H-pyrrole nitrogens is 2. The van der Waals surface area contributed by atoms with Crippen LogP contribution >= 0.6 is 0 Å². The predicted molar refractivity (Wildman–Crippen MR) is 106 cm³/mol. The molecule has 5 rings (SSSR count). The van der Waals surface area contributed by atoms with Crippen LogP contribution in [0.4, 0.5) is 10.5 Å². The zero-order valence-corrected chi connectivity index (χ0v) is 15.1. The summed E-state index contributed by atoms with van der Waals surface area (Å²) < 4.78 is 0. The van der Waals surface area contributed by atoms with E-state index in [1.165, 1.54) is 4.90 Å². The van der Waals surface area contributed by atoms with Gasteiger partial charge in [-0.3, -0.25) is 15.0 Å². The van der Waals surface area contributed by atoms with Crippen LogP contribution in [0.3, 0.4) is 0 Å². The smallest absolute Gasteiger partial charge is 0.329 e. The molecule has 0 spiro atoms. The zero-order valence-electron chi connectivity index (χ0n) is 15.1. The van der Waals surface area contributed by atoms with Gasteiger partial charge in [0.15, 0.2) is 0 Å². The fourth-order valence-corrected chi connectivity index (χ4v) is 3.62. The van der Waals surface area contributed by atoms with Gasteiger partial charge in [0.2, 0.25) is 0 Å². The molecule has 7 heteroatoms. The normalized spacial score (nSPS) is 16.8. The van der Waals surface area contributed by atoms with Gasteiger partial charge in [-0.05, 0) is 47.9 Å². The molecule has 0 saturated carbocycles. The fourth-order valence-electron chi connectivity index (χ4n) is 3.62. The third-order valence-electron chi connectivity index (χ3n) is 5.00. The lowest BCUT2D eigenvalue weighted by Gasteiger charge is -2.22. The molecule has 7 nitrogen and oxygen atoms in total. The lowest BCUT2D eigenvalue weighted by molar-refractivity contribution is -0.119. The highest BCUT2D eigenvalue weighted by molar-refractivity contribution is 6.15. The molecule has 3 N–H and O–H groups in total. The molecule has 0 radical (unpaired) electrons. The molecule has 2 aromatic heterocycles. The predicted octanol–water partition coefficient (Wildman–Crippen LogP) is 3.66. The number of anilines is 1. The Labute approximate surface area is 160 Å². The summed E-state index contributed by atoms with van der Waals surface area (Å²) in [7, 11) is 0. The second-order valence-electron chi connectivity index (χ2n) is 6.88. The van der Waals surface area contributed by atoms with Crippen molar-refractivity contribution in [3.05, 3.63) is 72.2 Å². The number of benzene rings is 2. The number of aromatic amines is 2. The van der Waals surface area contributed by atoms with Gasteiger partial charge in [-0.15, -0.1) is 0 Å². The van der Waals surface area contributed by atoms with Gasteiger partial charge in [0, 0.05) is 17.6 Å². The van der Waals surface area contributed by atoms with Crippen LogP contribution < -0.4 is 10.2 Å². The van der Waals surface area contributed by atoms with Crippen LogP contribution in [-0.2, 0) is 4.79 Å². The highest BCUT2D eigenvalue weighted by Crippen LogP contribution is 2.33. The van der Waals surface area contributed by atoms with Crippen molar-refractivity contribution in [1.29, 1.82) is 0 Å². The quantitative estimate of drug-likeness (QED) is 0.480. The first-order valence-corrected chi connectivity index (χ1v) is 8.93. The highest BCUT2D eigenvalue weighted by atomic mass is 16.2. The third kappa shape index (κ3) is 2.56. The number of fused-ring (bicyclic) bond motifs is 1. The molecule has 3 heterocycles. The highest BCUT2D eigenvalue weighted by Gasteiger charge is 2.40. The number of urea groups is 1. The Morgan fingerprint density at radius 2 is 1.82 bits per heavy atom. The lowest BCUT2D eigenvalue weighted by atomic mass is 10.0. The van der Waals surface area contributed by atoms with Gasteiger partial charge in [-0.25, -0.2) is 9.78 Å². The van der Waals surface area contributed by atoms with E-state index in [1.807, 2.05) is 49.5 Å². The van der Waals surface area contributed by atoms with Crippen molar-refractivity contribution in [3.63, 3.8) is 0 Å². The van der Waals surface area contributed by atoms with E-state index >= 15 is 0 Å². The van der Waals surface area contributed by atoms with Gasteiger partial charge in [0.05, 0.1) is 17.4 Å². The molecule has 4 aromatic rings. The van der Waals surface area contributed by atoms with E-state index < -0.39 is 12.1 Å². The number of imide groups is 1. The summed E-state index contributed by atoms with van der Waals surface area (Å²) in [5.41, 5.74) is 6.16. The van der Waals surface area contributed by atoms with Crippen LogP contribution in [0.15, 0.2) is 61.1 Å². The molecule has 1 unspecified atom stereocenters. The molecule has 3 amide bonds. The van der Waals surface area contributed by atoms with Crippen LogP contribution in [0.2, 0.25) is 0 Å². The Hall–Kier alpha value is -3.87. The minimum Gasteiger partial charge on any atom is -0.361 e. The lowest BCUT2D eigenvalue weighted by Crippen LogP contribution is -2.29. The van der Waals surface area contributed by atoms with E-state index in [1.54, 1.807) is 12.4 Å². The second kappa shape index (κ2) is 6.09. The Morgan fingerprint density at radius 1 is 1.00 bits per heavy atom. The number of hydrogen-bond acceptors (Lipinski definition) is 3. The van der Waals surface area contributed by atoms with Crippen LogP contribution in [-0.4, -0.2) is 26.9 Å². The zero-order chi connectivity index (χ0) is 19.3. The topological polar surface area (TPSA) is 93.9 Å². The monoisotopic (exact) mass is 371 g/mol. The number of amides is 3. The molecule has 1 atom stereocenters. The van der Waals surface area contributed by atoms with Gasteiger partial charge < -0.3 is 9.97 Å². The maximum atomic E-state index is 12.5. The van der Waals surface area contributed by atoms with Crippen molar-refractivity contribution in [2.24, 2.45) is 0 Å². The molecule has 0 aliphatic carbocycles. The molecule has 28 heavy (non-hydrogen) atoms. The summed E-state index contributed by atoms with van der Waals surface area (Å²) in [6, 6.07) is 14.0. The first-order chi connectivity index (χ1) is 13.6. The number of aryl methyl sites for hydroxylation is 1. The first-order valence-electron chi connectivity index (χ1n) is 8.93. The van der Waals surface area contributed by atoms with Gasteiger partial charge in [-0.1, -0.05) is 24.3 Å². The standard InChI is InChI=1S/C21H17N5O2/c1-12-8-17(22-10-12)13-2-4-14(5-3-13)19-20(27)25-21(28)26(19)15-6-7-16-18(9-15)24-11-23-16/h2-11,19,22H,1H3,(H,23,24)(H,25,27,28). The SMILES string of the molecule is Cc1c[nH]c(-c2ccc(C3C(=O)NC(=O)N3c3ccc4[nH]cnc4c3)cc2)c1. The summed E-state index contributed by atoms with van der Waals surface area (Å²) in [4.78, 5) is 37.0. The number of rotatable bonds is 3. The summed E-state index contributed by atoms with van der Waals surface area (Å²) in [6.07, 6.45) is 3.54. The summed E-state index contributed by atoms with van der Waals surface area (Å²) >= 11 is 0. The van der Waals surface area contributed by atoms with Gasteiger partial charge >= 0.3 is 6.03 Å². The molecule has 1 fully saturated rings. The summed E-state index contributed by atoms with van der Waals surface area (Å²) in [5.74, 6) is -0.337. The third-order valence-corrected chi connectivity index (χ3v) is 5.00. The molecule has 1 aliphatic rings. The average Bonchev–Trinajstić information content (AvgIpc) is 3.40. The van der Waals surface area contributed by atoms with E-state index in [9.17, 15) is 9.59 Å². The van der Waals surface area contributed by atoms with Gasteiger partial charge in [-0.2, -0.15) is 0 Å². The minimum atomic E-state index is -0.719. The Morgan fingerprint density at radius 3 is 2.57 bits per heavy atom. The van der Waals surface area contributed by atoms with E-state index in [0.29, 0.717) is 5.69 Å². The molecule has 2 aromatic carbocycles. The summed E-state index contributed by atoms with van der Waals surface area (Å²) in [6.45, 7) is 2.02.